The van der Waals surface area contributed by atoms with Crippen molar-refractivity contribution in [2.45, 2.75) is 18.9 Å². The van der Waals surface area contributed by atoms with Crippen molar-refractivity contribution in [3.63, 3.8) is 0 Å². The van der Waals surface area contributed by atoms with Crippen LogP contribution in [0.25, 0.3) is 0 Å². The monoisotopic (exact) mass is 384 g/mol. The van der Waals surface area contributed by atoms with E-state index in [2.05, 4.69) is 10.3 Å². The Balaban J connectivity index is 2.52. The molecule has 1 N–H and O–H groups in total. The topological polar surface area (TPSA) is 30.9 Å². The minimum absolute atomic E-state index is 0.159. The number of hydrogen-bond acceptors (Lipinski definition) is 2. The van der Waals surface area contributed by atoms with Crippen LogP contribution >= 0.6 is 0 Å². The standard InChI is InChI=1S/C16H22F6N4/c1-23-14(24-8-9-25(2)11-15(17,18)19)26(3)10-12-4-6-13(7-5-12)16(20,21)22/h4-7H,8-11H2,1-3H3,(H,23,24). The smallest absolute Gasteiger partial charge is 0.355 e. The molecular weight excluding hydrogens is 362 g/mol. The molecule has 0 saturated carbocycles. The summed E-state index contributed by atoms with van der Waals surface area (Å²) < 4.78 is 74.5. The quantitative estimate of drug-likeness (QED) is 0.464. The van der Waals surface area contributed by atoms with Crippen LogP contribution < -0.4 is 5.32 Å². The zero-order chi connectivity index (χ0) is 20.0. The Morgan fingerprint density at radius 1 is 1.04 bits per heavy atom. The normalized spacial score (nSPS) is 13.2. The maximum absolute atomic E-state index is 12.6. The van der Waals surface area contributed by atoms with Gasteiger partial charge in [0.1, 0.15) is 0 Å². The van der Waals surface area contributed by atoms with Gasteiger partial charge >= 0.3 is 12.4 Å². The van der Waals surface area contributed by atoms with Crippen LogP contribution in [0.1, 0.15) is 11.1 Å². The lowest BCUT2D eigenvalue weighted by atomic mass is 10.1. The minimum atomic E-state index is -4.38. The lowest BCUT2D eigenvalue weighted by Gasteiger charge is -2.24. The van der Waals surface area contributed by atoms with Gasteiger partial charge in [0.15, 0.2) is 5.96 Å². The van der Waals surface area contributed by atoms with Crippen LogP contribution in [0.15, 0.2) is 29.3 Å². The molecule has 0 heterocycles. The molecular formula is C16H22F6N4. The largest absolute Gasteiger partial charge is 0.416 e. The highest BCUT2D eigenvalue weighted by molar-refractivity contribution is 5.79. The first-order valence-corrected chi connectivity index (χ1v) is 7.75. The van der Waals surface area contributed by atoms with E-state index in [9.17, 15) is 26.3 Å². The van der Waals surface area contributed by atoms with Crippen LogP contribution in [-0.4, -0.2) is 62.7 Å². The number of benzene rings is 1. The van der Waals surface area contributed by atoms with E-state index in [4.69, 9.17) is 0 Å². The van der Waals surface area contributed by atoms with E-state index in [-0.39, 0.29) is 13.1 Å². The van der Waals surface area contributed by atoms with Crippen LogP contribution in [0.4, 0.5) is 26.3 Å². The number of nitrogens with zero attached hydrogens (tertiary/aromatic N) is 3. The summed E-state index contributed by atoms with van der Waals surface area (Å²) in [5.74, 6) is 0.435. The fraction of sp³-hybridized carbons (Fsp3) is 0.562. The molecule has 0 aliphatic heterocycles. The number of guanidine groups is 1. The van der Waals surface area contributed by atoms with Gasteiger partial charge in [-0.1, -0.05) is 12.1 Å². The van der Waals surface area contributed by atoms with Gasteiger partial charge in [0.05, 0.1) is 12.1 Å². The van der Waals surface area contributed by atoms with Gasteiger partial charge in [0.2, 0.25) is 0 Å². The Morgan fingerprint density at radius 3 is 2.08 bits per heavy atom. The summed E-state index contributed by atoms with van der Waals surface area (Å²) in [5.41, 5.74) is -0.0725. The molecule has 10 heteroatoms. The van der Waals surface area contributed by atoms with Crippen LogP contribution in [0.2, 0.25) is 0 Å². The van der Waals surface area contributed by atoms with Crippen molar-refractivity contribution >= 4 is 5.96 Å². The lowest BCUT2D eigenvalue weighted by Crippen LogP contribution is -2.43. The van der Waals surface area contributed by atoms with Crippen molar-refractivity contribution in [2.75, 3.05) is 40.8 Å². The lowest BCUT2D eigenvalue weighted by molar-refractivity contribution is -0.142. The Labute approximate surface area is 148 Å². The van der Waals surface area contributed by atoms with E-state index in [0.29, 0.717) is 18.1 Å². The average Bonchev–Trinajstić information content (AvgIpc) is 2.49. The zero-order valence-electron chi connectivity index (χ0n) is 14.7. The third-order valence-electron chi connectivity index (χ3n) is 3.50. The molecule has 26 heavy (non-hydrogen) atoms. The summed E-state index contributed by atoms with van der Waals surface area (Å²) in [4.78, 5) is 6.83. The Morgan fingerprint density at radius 2 is 1.62 bits per heavy atom. The minimum Gasteiger partial charge on any atom is -0.355 e. The first-order chi connectivity index (χ1) is 11.9. The fourth-order valence-electron chi connectivity index (χ4n) is 2.28. The molecule has 0 spiro atoms. The molecule has 1 aromatic rings. The van der Waals surface area contributed by atoms with Crippen molar-refractivity contribution in [2.24, 2.45) is 4.99 Å². The summed E-state index contributed by atoms with van der Waals surface area (Å²) in [7, 11) is 4.57. The van der Waals surface area contributed by atoms with Gasteiger partial charge in [-0.2, -0.15) is 26.3 Å². The predicted molar refractivity (Wildman–Crippen MR) is 87.8 cm³/mol. The number of halogens is 6. The number of alkyl halides is 6. The van der Waals surface area contributed by atoms with Crippen LogP contribution in [0, 0.1) is 0 Å². The summed E-state index contributed by atoms with van der Waals surface area (Å²) in [6.45, 7) is -0.297. The maximum Gasteiger partial charge on any atom is 0.416 e. The third kappa shape index (κ3) is 7.94. The zero-order valence-corrected chi connectivity index (χ0v) is 14.7. The first kappa shape index (κ1) is 22.1. The van der Waals surface area contributed by atoms with E-state index in [0.717, 1.165) is 17.0 Å². The number of nitrogens with one attached hydrogen (secondary N) is 1. The molecule has 4 nitrogen and oxygen atoms in total. The van der Waals surface area contributed by atoms with E-state index < -0.39 is 24.5 Å². The molecule has 0 aromatic heterocycles. The molecule has 0 saturated heterocycles. The van der Waals surface area contributed by atoms with Crippen molar-refractivity contribution in [1.82, 2.24) is 15.1 Å². The molecule has 1 rings (SSSR count). The van der Waals surface area contributed by atoms with Crippen molar-refractivity contribution < 1.29 is 26.3 Å². The number of likely N-dealkylation sites (N-methyl/N-ethyl adjacent to an activating group) is 1. The number of hydrogen-bond donors (Lipinski definition) is 1. The van der Waals surface area contributed by atoms with E-state index in [1.165, 1.54) is 26.2 Å². The predicted octanol–water partition coefficient (Wildman–Crippen LogP) is 3.21. The van der Waals surface area contributed by atoms with Gasteiger partial charge < -0.3 is 10.2 Å². The first-order valence-electron chi connectivity index (χ1n) is 7.75. The summed E-state index contributed by atoms with van der Waals surface area (Å²) in [6, 6.07) is 4.77. The number of aliphatic imine (C=N–C) groups is 1. The van der Waals surface area contributed by atoms with Crippen molar-refractivity contribution in [1.29, 1.82) is 0 Å². The van der Waals surface area contributed by atoms with Gasteiger partial charge in [-0.05, 0) is 24.7 Å². The third-order valence-corrected chi connectivity index (χ3v) is 3.50. The van der Waals surface area contributed by atoms with E-state index in [1.54, 1.807) is 11.9 Å². The molecule has 0 atom stereocenters. The molecule has 148 valence electrons. The molecule has 1 aromatic carbocycles. The highest BCUT2D eigenvalue weighted by Crippen LogP contribution is 2.29. The second-order valence-electron chi connectivity index (χ2n) is 5.88. The van der Waals surface area contributed by atoms with Crippen LogP contribution in [0.3, 0.4) is 0 Å². The van der Waals surface area contributed by atoms with Gasteiger partial charge in [-0.3, -0.25) is 9.89 Å². The SMILES string of the molecule is CN=C(NCCN(C)CC(F)(F)F)N(C)Cc1ccc(C(F)(F)F)cc1. The molecule has 0 aliphatic carbocycles. The van der Waals surface area contributed by atoms with Crippen molar-refractivity contribution in [3.05, 3.63) is 35.4 Å². The van der Waals surface area contributed by atoms with Crippen LogP contribution in [-0.2, 0) is 12.7 Å². The number of rotatable bonds is 6. The van der Waals surface area contributed by atoms with Gasteiger partial charge in [-0.15, -0.1) is 0 Å². The summed E-state index contributed by atoms with van der Waals surface area (Å²) >= 11 is 0. The van der Waals surface area contributed by atoms with E-state index in [1.807, 2.05) is 0 Å². The second-order valence-corrected chi connectivity index (χ2v) is 5.88. The molecule has 0 fully saturated rings. The molecule has 0 radical (unpaired) electrons. The van der Waals surface area contributed by atoms with Gasteiger partial charge in [0, 0.05) is 33.7 Å². The Kier molecular flexibility index (Phi) is 7.73. The molecule has 0 bridgehead atoms. The van der Waals surface area contributed by atoms with Gasteiger partial charge in [0.25, 0.3) is 0 Å². The second kappa shape index (κ2) is 9.11. The summed E-state index contributed by atoms with van der Waals surface area (Å²) in [6.07, 6.45) is -8.64. The maximum atomic E-state index is 12.6. The molecule has 0 unspecified atom stereocenters. The fourth-order valence-corrected chi connectivity index (χ4v) is 2.28. The Bertz CT molecular complexity index is 580. The Hall–Kier alpha value is -1.97. The van der Waals surface area contributed by atoms with Crippen LogP contribution in [0.5, 0.6) is 0 Å². The van der Waals surface area contributed by atoms with Gasteiger partial charge in [-0.25, -0.2) is 0 Å². The van der Waals surface area contributed by atoms with Crippen molar-refractivity contribution in [3.8, 4) is 0 Å². The average molecular weight is 384 g/mol. The highest BCUT2D eigenvalue weighted by Gasteiger charge is 2.30. The summed E-state index contributed by atoms with van der Waals surface area (Å²) in [5, 5.41) is 2.93. The molecule has 0 amide bonds. The highest BCUT2D eigenvalue weighted by atomic mass is 19.4. The van der Waals surface area contributed by atoms with E-state index >= 15 is 0 Å². The molecule has 0 aliphatic rings.